The van der Waals surface area contributed by atoms with E-state index in [0.29, 0.717) is 17.0 Å². The fraction of sp³-hybridized carbons (Fsp3) is 0.357. The lowest BCUT2D eigenvalue weighted by molar-refractivity contribution is 0.565. The maximum atomic E-state index is 12.6. The maximum absolute atomic E-state index is 12.6. The molecule has 1 unspecified atom stereocenters. The van der Waals surface area contributed by atoms with Gasteiger partial charge in [0, 0.05) is 13.1 Å². The third-order valence-electron chi connectivity index (χ3n) is 3.73. The number of rotatable bonds is 5. The molecule has 1 aromatic carbocycles. The molecule has 0 spiro atoms. The quantitative estimate of drug-likeness (QED) is 0.800. The highest BCUT2D eigenvalue weighted by Gasteiger charge is 2.26. The molecule has 0 aliphatic carbocycles. The lowest BCUT2D eigenvalue weighted by atomic mass is 10.1. The largest absolute Gasteiger partial charge is 0.271 e. The number of nitrogens with two attached hydrogens (primary N) is 1. The van der Waals surface area contributed by atoms with Crippen molar-refractivity contribution in [3.63, 3.8) is 0 Å². The van der Waals surface area contributed by atoms with Crippen LogP contribution in [0.25, 0.3) is 0 Å². The summed E-state index contributed by atoms with van der Waals surface area (Å²) >= 11 is 0. The molecule has 1 heterocycles. The highest BCUT2D eigenvalue weighted by molar-refractivity contribution is 7.89. The van der Waals surface area contributed by atoms with Crippen LogP contribution in [-0.4, -0.2) is 26.6 Å². The summed E-state index contributed by atoms with van der Waals surface area (Å²) in [6.45, 7) is 4.91. The van der Waals surface area contributed by atoms with Gasteiger partial charge in [0.25, 0.3) is 0 Å². The van der Waals surface area contributed by atoms with Crippen molar-refractivity contribution in [3.05, 3.63) is 41.2 Å². The van der Waals surface area contributed by atoms with E-state index in [9.17, 15) is 16.8 Å². The van der Waals surface area contributed by atoms with Gasteiger partial charge in [-0.2, -0.15) is 5.10 Å². The number of nitrogens with zero attached hydrogens (tertiary/aromatic N) is 2. The first kappa shape index (κ1) is 18.6. The van der Waals surface area contributed by atoms with Gasteiger partial charge in [0.1, 0.15) is 4.90 Å². The first-order valence-corrected chi connectivity index (χ1v) is 10.1. The predicted molar refractivity (Wildman–Crippen MR) is 89.2 cm³/mol. The van der Waals surface area contributed by atoms with Crippen LogP contribution >= 0.6 is 0 Å². The van der Waals surface area contributed by atoms with Crippen molar-refractivity contribution in [3.8, 4) is 0 Å². The summed E-state index contributed by atoms with van der Waals surface area (Å²) in [7, 11) is -6.00. The van der Waals surface area contributed by atoms with Crippen LogP contribution in [0.4, 0.5) is 0 Å². The van der Waals surface area contributed by atoms with Gasteiger partial charge in [0.2, 0.25) is 20.0 Å². The first-order valence-electron chi connectivity index (χ1n) is 7.09. The number of primary sulfonamides is 1. The Balaban J connectivity index is 2.37. The Labute approximate surface area is 141 Å². The maximum Gasteiger partial charge on any atom is 0.244 e. The minimum absolute atomic E-state index is 0.0696. The van der Waals surface area contributed by atoms with Crippen LogP contribution in [-0.2, 0) is 27.1 Å². The normalized spacial score (nSPS) is 13.9. The molecule has 10 heteroatoms. The number of sulfonamides is 2. The second-order valence-corrected chi connectivity index (χ2v) is 8.80. The van der Waals surface area contributed by atoms with Crippen molar-refractivity contribution < 1.29 is 16.8 Å². The Kier molecular flexibility index (Phi) is 4.86. The number of aryl methyl sites for hydroxylation is 2. The van der Waals surface area contributed by atoms with Crippen LogP contribution in [0.15, 0.2) is 34.1 Å². The van der Waals surface area contributed by atoms with Crippen molar-refractivity contribution >= 4 is 20.0 Å². The molecule has 1 atom stereocenters. The molecule has 1 aromatic heterocycles. The Morgan fingerprint density at radius 3 is 2.33 bits per heavy atom. The molecular formula is C14H20N4O4S2. The Morgan fingerprint density at radius 2 is 1.83 bits per heavy atom. The Morgan fingerprint density at radius 1 is 1.21 bits per heavy atom. The van der Waals surface area contributed by atoms with E-state index in [1.807, 2.05) is 0 Å². The van der Waals surface area contributed by atoms with E-state index in [0.717, 1.165) is 0 Å². The van der Waals surface area contributed by atoms with Gasteiger partial charge in [-0.25, -0.2) is 26.7 Å². The summed E-state index contributed by atoms with van der Waals surface area (Å²) in [6, 6.07) is 5.21. The summed E-state index contributed by atoms with van der Waals surface area (Å²) in [5.74, 6) is 0. The molecule has 0 fully saturated rings. The van der Waals surface area contributed by atoms with E-state index in [1.165, 1.54) is 22.9 Å². The first-order chi connectivity index (χ1) is 10.9. The summed E-state index contributed by atoms with van der Waals surface area (Å²) in [5, 5.41) is 9.21. The SMILES string of the molecule is Cc1nn(C)c(C)c1S(=O)(=O)NC(C)c1cccc(S(N)(=O)=O)c1. The predicted octanol–water partition coefficient (Wildman–Crippen LogP) is 0.724. The van der Waals surface area contributed by atoms with Gasteiger partial charge < -0.3 is 0 Å². The van der Waals surface area contributed by atoms with E-state index in [4.69, 9.17) is 5.14 Å². The van der Waals surface area contributed by atoms with Crippen molar-refractivity contribution in [2.24, 2.45) is 12.2 Å². The van der Waals surface area contributed by atoms with Crippen LogP contribution < -0.4 is 9.86 Å². The van der Waals surface area contributed by atoms with Gasteiger partial charge in [-0.15, -0.1) is 0 Å². The van der Waals surface area contributed by atoms with Gasteiger partial charge in [-0.1, -0.05) is 12.1 Å². The van der Waals surface area contributed by atoms with E-state index in [1.54, 1.807) is 33.9 Å². The molecule has 0 saturated carbocycles. The van der Waals surface area contributed by atoms with Crippen LogP contribution in [0.3, 0.4) is 0 Å². The number of hydrogen-bond acceptors (Lipinski definition) is 5. The zero-order chi connectivity index (χ0) is 18.3. The summed E-state index contributed by atoms with van der Waals surface area (Å²) in [4.78, 5) is 0.0548. The van der Waals surface area contributed by atoms with Gasteiger partial charge in [-0.3, -0.25) is 4.68 Å². The number of hydrogen-bond donors (Lipinski definition) is 2. The zero-order valence-corrected chi connectivity index (χ0v) is 15.4. The molecule has 2 rings (SSSR count). The third kappa shape index (κ3) is 3.66. The molecule has 2 aromatic rings. The summed E-state index contributed by atoms with van der Waals surface area (Å²) < 4.78 is 52.2. The highest BCUT2D eigenvalue weighted by Crippen LogP contribution is 2.23. The molecule has 24 heavy (non-hydrogen) atoms. The number of nitrogens with one attached hydrogen (secondary N) is 1. The molecule has 8 nitrogen and oxygen atoms in total. The Bertz CT molecular complexity index is 978. The van der Waals surface area contributed by atoms with Crippen LogP contribution in [0.1, 0.15) is 29.9 Å². The summed E-state index contributed by atoms with van der Waals surface area (Å²) in [6.07, 6.45) is 0. The molecule has 0 bridgehead atoms. The molecule has 0 aliphatic rings. The van der Waals surface area contributed by atoms with Gasteiger partial charge in [0.05, 0.1) is 16.3 Å². The molecule has 3 N–H and O–H groups in total. The second kappa shape index (κ2) is 6.28. The van der Waals surface area contributed by atoms with Crippen LogP contribution in [0, 0.1) is 13.8 Å². The minimum atomic E-state index is -3.86. The highest BCUT2D eigenvalue weighted by atomic mass is 32.2. The lowest BCUT2D eigenvalue weighted by Crippen LogP contribution is -2.28. The molecule has 0 saturated heterocycles. The minimum Gasteiger partial charge on any atom is -0.271 e. The van der Waals surface area contributed by atoms with Crippen LogP contribution in [0.5, 0.6) is 0 Å². The van der Waals surface area contributed by atoms with Crippen LogP contribution in [0.2, 0.25) is 0 Å². The van der Waals surface area contributed by atoms with E-state index in [-0.39, 0.29) is 9.79 Å². The molecule has 0 aliphatic heterocycles. The standard InChI is InChI=1S/C14H20N4O4S2/c1-9(12-6-5-7-13(8-12)23(15,19)20)17-24(21,22)14-10(2)16-18(4)11(14)3/h5-9,17H,1-4H3,(H2,15,19,20). The number of aromatic nitrogens is 2. The fourth-order valence-corrected chi connectivity index (χ4v) is 4.70. The van der Waals surface area contributed by atoms with Crippen molar-refractivity contribution in [1.82, 2.24) is 14.5 Å². The van der Waals surface area contributed by atoms with E-state index < -0.39 is 26.1 Å². The van der Waals surface area contributed by atoms with Crippen molar-refractivity contribution in [2.45, 2.75) is 36.6 Å². The summed E-state index contributed by atoms with van der Waals surface area (Å²) in [5.41, 5.74) is 1.41. The average molecular weight is 372 g/mol. The number of benzene rings is 1. The average Bonchev–Trinajstić information content (AvgIpc) is 2.71. The molecule has 132 valence electrons. The smallest absolute Gasteiger partial charge is 0.244 e. The van der Waals surface area contributed by atoms with Crippen molar-refractivity contribution in [1.29, 1.82) is 0 Å². The zero-order valence-electron chi connectivity index (χ0n) is 13.8. The van der Waals surface area contributed by atoms with Gasteiger partial charge in [0.15, 0.2) is 0 Å². The third-order valence-corrected chi connectivity index (χ3v) is 6.43. The monoisotopic (exact) mass is 372 g/mol. The topological polar surface area (TPSA) is 124 Å². The van der Waals surface area contributed by atoms with Gasteiger partial charge in [-0.05, 0) is 38.5 Å². The van der Waals surface area contributed by atoms with E-state index in [2.05, 4.69) is 9.82 Å². The lowest BCUT2D eigenvalue weighted by Gasteiger charge is -2.15. The molecule has 0 amide bonds. The second-order valence-electron chi connectivity index (χ2n) is 5.58. The van der Waals surface area contributed by atoms with E-state index >= 15 is 0 Å². The molecular weight excluding hydrogens is 352 g/mol. The van der Waals surface area contributed by atoms with Gasteiger partial charge >= 0.3 is 0 Å². The Hall–Kier alpha value is -1.75. The fourth-order valence-electron chi connectivity index (χ4n) is 2.46. The van der Waals surface area contributed by atoms with Crippen molar-refractivity contribution in [2.75, 3.05) is 0 Å². The molecule has 0 radical (unpaired) electrons.